The number of nitrogens with one attached hydrogen (secondary N) is 2. The van der Waals surface area contributed by atoms with Gasteiger partial charge in [0.2, 0.25) is 10.0 Å². The van der Waals surface area contributed by atoms with Crippen molar-refractivity contribution >= 4 is 51.7 Å². The fourth-order valence-corrected chi connectivity index (χ4v) is 4.96. The van der Waals surface area contributed by atoms with Gasteiger partial charge in [0, 0.05) is 44.7 Å². The highest BCUT2D eigenvalue weighted by Gasteiger charge is 2.29. The molecule has 0 spiro atoms. The zero-order valence-electron chi connectivity index (χ0n) is 15.3. The summed E-state index contributed by atoms with van der Waals surface area (Å²) in [5.41, 5.74) is -0.0422. The van der Waals surface area contributed by atoms with Gasteiger partial charge in [-0.3, -0.25) is 4.99 Å². The Kier molecular flexibility index (Phi) is 10.4. The van der Waals surface area contributed by atoms with Crippen molar-refractivity contribution in [2.24, 2.45) is 4.99 Å². The molecule has 2 rings (SSSR count). The Bertz CT molecular complexity index is 737. The largest absolute Gasteiger partial charge is 0.416 e. The van der Waals surface area contributed by atoms with E-state index in [-0.39, 0.29) is 42.8 Å². The molecular weight excluding hydrogens is 528 g/mol. The number of hydrogen-bond acceptors (Lipinski definition) is 4. The van der Waals surface area contributed by atoms with Gasteiger partial charge in [-0.2, -0.15) is 24.9 Å². The highest BCUT2D eigenvalue weighted by Crippen LogP contribution is 2.29. The predicted octanol–water partition coefficient (Wildman–Crippen LogP) is 2.37. The summed E-state index contributed by atoms with van der Waals surface area (Å²) in [5.74, 6) is 1.96. The second-order valence-corrected chi connectivity index (χ2v) is 9.19. The van der Waals surface area contributed by atoms with E-state index in [0.29, 0.717) is 24.6 Å². The average Bonchev–Trinajstić information content (AvgIpc) is 2.65. The topological polar surface area (TPSA) is 73.8 Å². The van der Waals surface area contributed by atoms with Crippen LogP contribution in [0.2, 0.25) is 0 Å². The van der Waals surface area contributed by atoms with Crippen LogP contribution in [0.1, 0.15) is 11.1 Å². The number of thioether (sulfide) groups is 1. The van der Waals surface area contributed by atoms with E-state index in [9.17, 15) is 21.6 Å². The van der Waals surface area contributed by atoms with Gasteiger partial charge in [0.1, 0.15) is 0 Å². The molecule has 1 aromatic carbocycles. The van der Waals surface area contributed by atoms with Crippen molar-refractivity contribution < 1.29 is 21.6 Å². The van der Waals surface area contributed by atoms with Gasteiger partial charge in [0.15, 0.2) is 5.96 Å². The Morgan fingerprint density at radius 2 is 1.79 bits per heavy atom. The molecule has 12 heteroatoms. The molecule has 6 nitrogen and oxygen atoms in total. The van der Waals surface area contributed by atoms with Crippen molar-refractivity contribution in [1.82, 2.24) is 14.9 Å². The Labute approximate surface area is 184 Å². The van der Waals surface area contributed by atoms with Crippen LogP contribution < -0.4 is 10.6 Å². The lowest BCUT2D eigenvalue weighted by Gasteiger charge is -2.25. The first-order chi connectivity index (χ1) is 12.7. The van der Waals surface area contributed by atoms with Gasteiger partial charge in [0.05, 0.1) is 11.3 Å². The molecule has 0 aromatic heterocycles. The summed E-state index contributed by atoms with van der Waals surface area (Å²) in [6.45, 7) is 1.54. The van der Waals surface area contributed by atoms with Gasteiger partial charge >= 0.3 is 6.18 Å². The molecule has 0 saturated carbocycles. The second-order valence-electron chi connectivity index (χ2n) is 5.87. The number of rotatable bonds is 6. The van der Waals surface area contributed by atoms with E-state index in [2.05, 4.69) is 15.6 Å². The molecule has 28 heavy (non-hydrogen) atoms. The van der Waals surface area contributed by atoms with E-state index in [1.807, 2.05) is 0 Å². The van der Waals surface area contributed by atoms with E-state index in [4.69, 9.17) is 0 Å². The molecule has 0 atom stereocenters. The molecule has 0 radical (unpaired) electrons. The Morgan fingerprint density at radius 3 is 2.32 bits per heavy atom. The van der Waals surface area contributed by atoms with Gasteiger partial charge in [-0.15, -0.1) is 24.0 Å². The smallest absolute Gasteiger partial charge is 0.355 e. The minimum Gasteiger partial charge on any atom is -0.355 e. The molecule has 1 aromatic rings. The molecule has 1 aliphatic heterocycles. The Morgan fingerprint density at radius 1 is 1.18 bits per heavy atom. The van der Waals surface area contributed by atoms with E-state index >= 15 is 0 Å². The summed E-state index contributed by atoms with van der Waals surface area (Å²) in [6.07, 6.45) is -4.36. The number of benzene rings is 1. The summed E-state index contributed by atoms with van der Waals surface area (Å²) in [4.78, 5) is 3.99. The standard InChI is InChI=1S/C16H23F3N4O2S2.HI/c1-20-15(21-6-11-27(24,25)23-7-9-26-10-8-23)22-12-13-2-4-14(5-3-13)16(17,18)19;/h2-5H,6-12H2,1H3,(H2,20,21,22);1H. The normalized spacial score (nSPS) is 16.4. The first-order valence-electron chi connectivity index (χ1n) is 8.38. The molecule has 160 valence electrons. The van der Waals surface area contributed by atoms with Crippen molar-refractivity contribution in [3.05, 3.63) is 35.4 Å². The lowest BCUT2D eigenvalue weighted by Crippen LogP contribution is -2.44. The number of aliphatic imine (C=N–C) groups is 1. The maximum absolute atomic E-state index is 12.6. The summed E-state index contributed by atoms with van der Waals surface area (Å²) < 4.78 is 63.7. The summed E-state index contributed by atoms with van der Waals surface area (Å²) >= 11 is 1.74. The van der Waals surface area contributed by atoms with Crippen molar-refractivity contribution in [3.8, 4) is 0 Å². The van der Waals surface area contributed by atoms with Crippen LogP contribution in [0, 0.1) is 0 Å². The second kappa shape index (κ2) is 11.5. The fourth-order valence-electron chi connectivity index (χ4n) is 2.47. The van der Waals surface area contributed by atoms with Crippen LogP contribution in [0.5, 0.6) is 0 Å². The summed E-state index contributed by atoms with van der Waals surface area (Å²) in [6, 6.07) is 4.83. The van der Waals surface area contributed by atoms with Gasteiger partial charge < -0.3 is 10.6 Å². The predicted molar refractivity (Wildman–Crippen MR) is 118 cm³/mol. The van der Waals surface area contributed by atoms with Crippen LogP contribution in [0.15, 0.2) is 29.3 Å². The van der Waals surface area contributed by atoms with Crippen LogP contribution in [-0.4, -0.2) is 62.6 Å². The average molecular weight is 552 g/mol. The number of guanidine groups is 1. The lowest BCUT2D eigenvalue weighted by molar-refractivity contribution is -0.137. The van der Waals surface area contributed by atoms with Gasteiger partial charge in [-0.25, -0.2) is 12.7 Å². The quantitative estimate of drug-likeness (QED) is 0.322. The van der Waals surface area contributed by atoms with E-state index < -0.39 is 21.8 Å². The third-order valence-electron chi connectivity index (χ3n) is 3.98. The Hall–Kier alpha value is -0.730. The molecule has 1 saturated heterocycles. The maximum Gasteiger partial charge on any atom is 0.416 e. The fraction of sp³-hybridized carbons (Fsp3) is 0.562. The summed E-state index contributed by atoms with van der Waals surface area (Å²) in [7, 11) is -1.76. The number of hydrogen-bond donors (Lipinski definition) is 2. The number of halogens is 4. The van der Waals surface area contributed by atoms with Crippen LogP contribution in [0.3, 0.4) is 0 Å². The van der Waals surface area contributed by atoms with Gasteiger partial charge in [-0.05, 0) is 17.7 Å². The maximum atomic E-state index is 12.6. The Balaban J connectivity index is 0.00000392. The van der Waals surface area contributed by atoms with Crippen LogP contribution in [0.25, 0.3) is 0 Å². The van der Waals surface area contributed by atoms with Crippen LogP contribution >= 0.6 is 35.7 Å². The van der Waals surface area contributed by atoms with E-state index in [0.717, 1.165) is 23.6 Å². The molecule has 0 amide bonds. The lowest BCUT2D eigenvalue weighted by atomic mass is 10.1. The van der Waals surface area contributed by atoms with Crippen molar-refractivity contribution in [3.63, 3.8) is 0 Å². The zero-order chi connectivity index (χ0) is 19.9. The molecular formula is C16H24F3IN4O2S2. The molecule has 1 aliphatic rings. The van der Waals surface area contributed by atoms with Crippen molar-refractivity contribution in [1.29, 1.82) is 0 Å². The number of alkyl halides is 3. The van der Waals surface area contributed by atoms with E-state index in [1.54, 1.807) is 18.8 Å². The summed E-state index contributed by atoms with van der Waals surface area (Å²) in [5, 5.41) is 5.87. The minimum atomic E-state index is -4.36. The molecule has 1 heterocycles. The third-order valence-corrected chi connectivity index (χ3v) is 6.80. The zero-order valence-corrected chi connectivity index (χ0v) is 19.3. The highest BCUT2D eigenvalue weighted by atomic mass is 127. The van der Waals surface area contributed by atoms with E-state index in [1.165, 1.54) is 16.4 Å². The minimum absolute atomic E-state index is 0. The number of sulfonamides is 1. The van der Waals surface area contributed by atoms with Crippen molar-refractivity contribution in [2.45, 2.75) is 12.7 Å². The molecule has 0 bridgehead atoms. The molecule has 0 aliphatic carbocycles. The van der Waals surface area contributed by atoms with Gasteiger partial charge in [-0.1, -0.05) is 12.1 Å². The molecule has 1 fully saturated rings. The van der Waals surface area contributed by atoms with Crippen LogP contribution in [0.4, 0.5) is 13.2 Å². The van der Waals surface area contributed by atoms with Crippen molar-refractivity contribution in [2.75, 3.05) is 43.9 Å². The molecule has 0 unspecified atom stereocenters. The first-order valence-corrected chi connectivity index (χ1v) is 11.1. The van der Waals surface area contributed by atoms with Crippen LogP contribution in [-0.2, 0) is 22.7 Å². The first kappa shape index (κ1) is 25.3. The number of nitrogens with zero attached hydrogens (tertiary/aromatic N) is 2. The monoisotopic (exact) mass is 552 g/mol. The third kappa shape index (κ3) is 7.95. The highest BCUT2D eigenvalue weighted by molar-refractivity contribution is 14.0. The van der Waals surface area contributed by atoms with Gasteiger partial charge in [0.25, 0.3) is 0 Å². The SMILES string of the molecule is CN=C(NCCS(=O)(=O)N1CCSCC1)NCc1ccc(C(F)(F)F)cc1.I. The molecule has 2 N–H and O–H groups in total.